The van der Waals surface area contributed by atoms with Gasteiger partial charge in [0.2, 0.25) is 0 Å². The molecule has 0 saturated carbocycles. The normalized spacial score (nSPS) is 12.1. The van der Waals surface area contributed by atoms with Gasteiger partial charge in [0.15, 0.2) is 0 Å². The molecule has 1 aromatic carbocycles. The van der Waals surface area contributed by atoms with Crippen molar-refractivity contribution in [3.8, 4) is 12.3 Å². The van der Waals surface area contributed by atoms with Crippen molar-refractivity contribution < 1.29 is 0 Å². The lowest BCUT2D eigenvalue weighted by atomic mass is 10.1. The highest BCUT2D eigenvalue weighted by Crippen LogP contribution is 2.11. The van der Waals surface area contributed by atoms with Crippen LogP contribution in [0.1, 0.15) is 17.2 Å². The van der Waals surface area contributed by atoms with Crippen LogP contribution in [0.5, 0.6) is 0 Å². The first kappa shape index (κ1) is 8.83. The Bertz CT molecular complexity index is 279. The minimum atomic E-state index is 0.0330. The zero-order valence-electron chi connectivity index (χ0n) is 7.46. The van der Waals surface area contributed by atoms with E-state index >= 15 is 0 Å². The van der Waals surface area contributed by atoms with Crippen LogP contribution in [0.4, 0.5) is 0 Å². The Kier molecular flexibility index (Phi) is 2.90. The average Bonchev–Trinajstić information content (AvgIpc) is 2.10. The minimum absolute atomic E-state index is 0.0330. The first-order valence-electron chi connectivity index (χ1n) is 3.98. The largest absolute Gasteiger partial charge is 0.303 e. The van der Waals surface area contributed by atoms with Gasteiger partial charge >= 0.3 is 0 Å². The highest BCUT2D eigenvalue weighted by molar-refractivity contribution is 5.28. The Balaban J connectivity index is 2.89. The molecular weight excluding hydrogens is 146 g/mol. The lowest BCUT2D eigenvalue weighted by molar-refractivity contribution is 0.736. The average molecular weight is 159 g/mol. The second kappa shape index (κ2) is 3.94. The van der Waals surface area contributed by atoms with Crippen molar-refractivity contribution in [1.29, 1.82) is 0 Å². The predicted octanol–water partition coefficient (Wildman–Crippen LogP) is 1.89. The molecule has 1 unspecified atom stereocenters. The highest BCUT2D eigenvalue weighted by atomic mass is 14.9. The molecule has 0 aromatic heterocycles. The van der Waals surface area contributed by atoms with E-state index in [9.17, 15) is 0 Å². The van der Waals surface area contributed by atoms with Crippen molar-refractivity contribution in [3.63, 3.8) is 0 Å². The highest BCUT2D eigenvalue weighted by Gasteiger charge is 2.02. The van der Waals surface area contributed by atoms with Gasteiger partial charge in [0, 0.05) is 0 Å². The Morgan fingerprint density at radius 1 is 1.33 bits per heavy atom. The molecule has 0 spiro atoms. The van der Waals surface area contributed by atoms with E-state index in [2.05, 4.69) is 42.4 Å². The number of benzene rings is 1. The Morgan fingerprint density at radius 2 is 1.92 bits per heavy atom. The maximum atomic E-state index is 5.34. The second-order valence-electron chi connectivity index (χ2n) is 2.80. The zero-order chi connectivity index (χ0) is 8.97. The Labute approximate surface area is 73.8 Å². The SMILES string of the molecule is C#CC(NC)c1ccc(C)cc1. The van der Waals surface area contributed by atoms with Gasteiger partial charge in [0.1, 0.15) is 0 Å². The molecule has 1 aromatic rings. The van der Waals surface area contributed by atoms with Gasteiger partial charge in [-0.2, -0.15) is 0 Å². The molecule has 0 radical (unpaired) electrons. The minimum Gasteiger partial charge on any atom is -0.303 e. The van der Waals surface area contributed by atoms with Crippen LogP contribution in [0, 0.1) is 19.3 Å². The summed E-state index contributed by atoms with van der Waals surface area (Å²) in [5.41, 5.74) is 2.40. The van der Waals surface area contributed by atoms with Crippen molar-refractivity contribution >= 4 is 0 Å². The van der Waals surface area contributed by atoms with E-state index in [0.29, 0.717) is 0 Å². The monoisotopic (exact) mass is 159 g/mol. The van der Waals surface area contributed by atoms with Crippen molar-refractivity contribution in [2.75, 3.05) is 7.05 Å². The van der Waals surface area contributed by atoms with E-state index in [0.717, 1.165) is 5.56 Å². The van der Waals surface area contributed by atoms with E-state index < -0.39 is 0 Å². The molecule has 62 valence electrons. The first-order chi connectivity index (χ1) is 5.77. The third-order valence-electron chi connectivity index (χ3n) is 1.87. The number of aryl methyl sites for hydroxylation is 1. The number of hydrogen-bond donors (Lipinski definition) is 1. The van der Waals surface area contributed by atoms with Crippen LogP contribution in [0.2, 0.25) is 0 Å². The van der Waals surface area contributed by atoms with Gasteiger partial charge in [-0.15, -0.1) is 6.42 Å². The summed E-state index contributed by atoms with van der Waals surface area (Å²) >= 11 is 0. The second-order valence-corrected chi connectivity index (χ2v) is 2.80. The molecule has 0 amide bonds. The fourth-order valence-electron chi connectivity index (χ4n) is 1.11. The summed E-state index contributed by atoms with van der Waals surface area (Å²) in [7, 11) is 1.87. The molecule has 0 aliphatic rings. The molecule has 0 heterocycles. The summed E-state index contributed by atoms with van der Waals surface area (Å²) in [5, 5.41) is 3.05. The zero-order valence-corrected chi connectivity index (χ0v) is 7.46. The van der Waals surface area contributed by atoms with Crippen molar-refractivity contribution in [3.05, 3.63) is 35.4 Å². The maximum Gasteiger partial charge on any atom is 0.0940 e. The number of terminal acetylenes is 1. The molecule has 0 bridgehead atoms. The third-order valence-corrected chi connectivity index (χ3v) is 1.87. The first-order valence-corrected chi connectivity index (χ1v) is 3.98. The summed E-state index contributed by atoms with van der Waals surface area (Å²) in [4.78, 5) is 0. The van der Waals surface area contributed by atoms with Crippen LogP contribution in [0.25, 0.3) is 0 Å². The van der Waals surface area contributed by atoms with Gasteiger partial charge < -0.3 is 5.32 Å². The predicted molar refractivity (Wildman–Crippen MR) is 51.8 cm³/mol. The van der Waals surface area contributed by atoms with E-state index in [-0.39, 0.29) is 6.04 Å². The number of rotatable bonds is 2. The third kappa shape index (κ3) is 1.87. The molecule has 1 atom stereocenters. The smallest absolute Gasteiger partial charge is 0.0940 e. The number of nitrogens with one attached hydrogen (secondary N) is 1. The number of hydrogen-bond acceptors (Lipinski definition) is 1. The Morgan fingerprint density at radius 3 is 2.33 bits per heavy atom. The van der Waals surface area contributed by atoms with Crippen LogP contribution in [-0.4, -0.2) is 7.05 Å². The molecule has 0 fully saturated rings. The van der Waals surface area contributed by atoms with E-state index in [1.54, 1.807) is 0 Å². The fourth-order valence-corrected chi connectivity index (χ4v) is 1.11. The van der Waals surface area contributed by atoms with Gasteiger partial charge in [-0.3, -0.25) is 0 Å². The lowest BCUT2D eigenvalue weighted by Gasteiger charge is -2.09. The van der Waals surface area contributed by atoms with E-state index in [1.807, 2.05) is 7.05 Å². The fraction of sp³-hybridized carbons (Fsp3) is 0.273. The summed E-state index contributed by atoms with van der Waals surface area (Å²) in [6, 6.07) is 8.27. The van der Waals surface area contributed by atoms with Crippen LogP contribution >= 0.6 is 0 Å². The van der Waals surface area contributed by atoms with E-state index in [4.69, 9.17) is 6.42 Å². The van der Waals surface area contributed by atoms with Crippen LogP contribution < -0.4 is 5.32 Å². The molecular formula is C11H13N. The standard InChI is InChI=1S/C11H13N/c1-4-11(12-3)10-7-5-9(2)6-8-10/h1,5-8,11-12H,2-3H3. The molecule has 1 N–H and O–H groups in total. The van der Waals surface area contributed by atoms with Gasteiger partial charge in [0.25, 0.3) is 0 Å². The molecule has 0 aliphatic heterocycles. The summed E-state index contributed by atoms with van der Waals surface area (Å²) in [6.07, 6.45) is 5.34. The van der Waals surface area contributed by atoms with Crippen molar-refractivity contribution in [2.45, 2.75) is 13.0 Å². The summed E-state index contributed by atoms with van der Waals surface area (Å²) in [5.74, 6) is 2.68. The molecule has 1 rings (SSSR count). The quantitative estimate of drug-likeness (QED) is 0.650. The van der Waals surface area contributed by atoms with Crippen LogP contribution in [0.15, 0.2) is 24.3 Å². The summed E-state index contributed by atoms with van der Waals surface area (Å²) in [6.45, 7) is 2.06. The maximum absolute atomic E-state index is 5.34. The van der Waals surface area contributed by atoms with E-state index in [1.165, 1.54) is 5.56 Å². The molecule has 0 aliphatic carbocycles. The van der Waals surface area contributed by atoms with Crippen molar-refractivity contribution in [2.24, 2.45) is 0 Å². The van der Waals surface area contributed by atoms with Gasteiger partial charge in [-0.1, -0.05) is 35.7 Å². The van der Waals surface area contributed by atoms with Crippen LogP contribution in [0.3, 0.4) is 0 Å². The lowest BCUT2D eigenvalue weighted by Crippen LogP contribution is -2.13. The van der Waals surface area contributed by atoms with Gasteiger partial charge in [0.05, 0.1) is 6.04 Å². The molecule has 0 saturated heterocycles. The molecule has 1 nitrogen and oxygen atoms in total. The molecule has 1 heteroatoms. The van der Waals surface area contributed by atoms with Crippen molar-refractivity contribution in [1.82, 2.24) is 5.32 Å². The van der Waals surface area contributed by atoms with Crippen LogP contribution in [-0.2, 0) is 0 Å². The van der Waals surface area contributed by atoms with Gasteiger partial charge in [-0.25, -0.2) is 0 Å². The summed E-state index contributed by atoms with van der Waals surface area (Å²) < 4.78 is 0. The topological polar surface area (TPSA) is 12.0 Å². The van der Waals surface area contributed by atoms with Gasteiger partial charge in [-0.05, 0) is 19.5 Å². The molecule has 12 heavy (non-hydrogen) atoms. The Hall–Kier alpha value is -1.26.